The fourth-order valence-corrected chi connectivity index (χ4v) is 3.05. The van der Waals surface area contributed by atoms with E-state index in [1.807, 2.05) is 72.9 Å². The first-order valence-electron chi connectivity index (χ1n) is 7.37. The SMILES string of the molecule is NC1(N)C=CC=CC1c1ccc(C2C=CC=CC2(N)N)cc1. The molecular weight excluding hydrogens is 272 g/mol. The molecule has 4 nitrogen and oxygen atoms in total. The van der Waals surface area contributed by atoms with E-state index in [1.54, 1.807) is 0 Å². The molecule has 0 saturated heterocycles. The molecule has 0 saturated carbocycles. The lowest BCUT2D eigenvalue weighted by atomic mass is 9.80. The van der Waals surface area contributed by atoms with Gasteiger partial charge in [-0.1, -0.05) is 60.7 Å². The van der Waals surface area contributed by atoms with E-state index in [0.29, 0.717) is 0 Å². The van der Waals surface area contributed by atoms with E-state index in [-0.39, 0.29) is 11.8 Å². The Balaban J connectivity index is 1.88. The molecule has 1 aromatic carbocycles. The van der Waals surface area contributed by atoms with Crippen LogP contribution in [0.15, 0.2) is 72.9 Å². The van der Waals surface area contributed by atoms with Crippen LogP contribution in [-0.2, 0) is 0 Å². The molecule has 114 valence electrons. The minimum Gasteiger partial charge on any atom is -0.309 e. The van der Waals surface area contributed by atoms with E-state index in [1.165, 1.54) is 0 Å². The van der Waals surface area contributed by atoms with Gasteiger partial charge >= 0.3 is 0 Å². The van der Waals surface area contributed by atoms with Crippen molar-refractivity contribution in [1.82, 2.24) is 0 Å². The summed E-state index contributed by atoms with van der Waals surface area (Å²) in [5, 5.41) is 0. The first kappa shape index (κ1) is 14.9. The van der Waals surface area contributed by atoms with Gasteiger partial charge in [0, 0.05) is 11.8 Å². The minimum atomic E-state index is -0.866. The molecule has 0 heterocycles. The molecular formula is C18H22N4. The summed E-state index contributed by atoms with van der Waals surface area (Å²) in [7, 11) is 0. The fourth-order valence-electron chi connectivity index (χ4n) is 3.05. The Morgan fingerprint density at radius 2 is 0.955 bits per heavy atom. The molecule has 0 bridgehead atoms. The highest BCUT2D eigenvalue weighted by Gasteiger charge is 2.31. The van der Waals surface area contributed by atoms with Gasteiger partial charge in [-0.3, -0.25) is 0 Å². The van der Waals surface area contributed by atoms with Gasteiger partial charge in [0.15, 0.2) is 0 Å². The van der Waals surface area contributed by atoms with Crippen molar-refractivity contribution >= 4 is 0 Å². The summed E-state index contributed by atoms with van der Waals surface area (Å²) in [4.78, 5) is 0. The van der Waals surface area contributed by atoms with Crippen LogP contribution in [-0.4, -0.2) is 11.3 Å². The maximum atomic E-state index is 6.16. The van der Waals surface area contributed by atoms with Crippen molar-refractivity contribution in [2.24, 2.45) is 22.9 Å². The highest BCUT2D eigenvalue weighted by molar-refractivity contribution is 5.41. The summed E-state index contributed by atoms with van der Waals surface area (Å²) < 4.78 is 0. The maximum Gasteiger partial charge on any atom is 0.0937 e. The van der Waals surface area contributed by atoms with Crippen molar-refractivity contribution < 1.29 is 0 Å². The molecule has 2 unspecified atom stereocenters. The van der Waals surface area contributed by atoms with Crippen molar-refractivity contribution in [3.8, 4) is 0 Å². The largest absolute Gasteiger partial charge is 0.309 e. The smallest absolute Gasteiger partial charge is 0.0937 e. The molecule has 2 atom stereocenters. The Hall–Kier alpha value is -1.98. The second kappa shape index (κ2) is 5.34. The second-order valence-corrected chi connectivity index (χ2v) is 6.11. The monoisotopic (exact) mass is 294 g/mol. The topological polar surface area (TPSA) is 104 Å². The lowest BCUT2D eigenvalue weighted by Gasteiger charge is -2.33. The normalized spacial score (nSPS) is 28.0. The quantitative estimate of drug-likeness (QED) is 0.618. The van der Waals surface area contributed by atoms with Gasteiger partial charge in [0.05, 0.1) is 11.3 Å². The first-order chi connectivity index (χ1) is 10.4. The van der Waals surface area contributed by atoms with Gasteiger partial charge in [-0.05, 0) is 23.3 Å². The zero-order chi connectivity index (χ0) is 15.8. The number of nitrogens with two attached hydrogens (primary N) is 4. The average molecular weight is 294 g/mol. The van der Waals surface area contributed by atoms with Crippen molar-refractivity contribution in [3.63, 3.8) is 0 Å². The predicted octanol–water partition coefficient (Wildman–Crippen LogP) is 1.33. The molecule has 22 heavy (non-hydrogen) atoms. The van der Waals surface area contributed by atoms with Crippen LogP contribution in [0.4, 0.5) is 0 Å². The third-order valence-electron chi connectivity index (χ3n) is 4.33. The van der Waals surface area contributed by atoms with Crippen LogP contribution in [0.25, 0.3) is 0 Å². The van der Waals surface area contributed by atoms with Crippen LogP contribution < -0.4 is 22.9 Å². The van der Waals surface area contributed by atoms with Crippen LogP contribution in [0.5, 0.6) is 0 Å². The molecule has 0 radical (unpaired) electrons. The Morgan fingerprint density at radius 3 is 1.27 bits per heavy atom. The Morgan fingerprint density at radius 1 is 0.591 bits per heavy atom. The van der Waals surface area contributed by atoms with Crippen LogP contribution in [0.2, 0.25) is 0 Å². The second-order valence-electron chi connectivity index (χ2n) is 6.11. The van der Waals surface area contributed by atoms with Gasteiger partial charge in [0.2, 0.25) is 0 Å². The molecule has 0 fully saturated rings. The van der Waals surface area contributed by atoms with Gasteiger partial charge in [0.1, 0.15) is 0 Å². The predicted molar refractivity (Wildman–Crippen MR) is 90.7 cm³/mol. The number of hydrogen-bond donors (Lipinski definition) is 4. The summed E-state index contributed by atoms with van der Waals surface area (Å²) in [6.45, 7) is 0. The van der Waals surface area contributed by atoms with Crippen molar-refractivity contribution in [2.45, 2.75) is 23.2 Å². The lowest BCUT2D eigenvalue weighted by molar-refractivity contribution is 0.487. The molecule has 2 aliphatic carbocycles. The van der Waals surface area contributed by atoms with Crippen LogP contribution in [0.1, 0.15) is 23.0 Å². The third kappa shape index (κ3) is 2.69. The van der Waals surface area contributed by atoms with Gasteiger partial charge in [0.25, 0.3) is 0 Å². The van der Waals surface area contributed by atoms with Gasteiger partial charge in [-0.15, -0.1) is 0 Å². The molecule has 0 aromatic heterocycles. The average Bonchev–Trinajstić information content (AvgIpc) is 2.47. The number of benzene rings is 1. The number of rotatable bonds is 2. The molecule has 4 heteroatoms. The minimum absolute atomic E-state index is 0.0474. The van der Waals surface area contributed by atoms with Gasteiger partial charge in [-0.2, -0.15) is 0 Å². The molecule has 3 rings (SSSR count). The van der Waals surface area contributed by atoms with Crippen LogP contribution >= 0.6 is 0 Å². The fraction of sp³-hybridized carbons (Fsp3) is 0.222. The third-order valence-corrected chi connectivity index (χ3v) is 4.33. The molecule has 0 amide bonds. The molecule has 0 spiro atoms. The van der Waals surface area contributed by atoms with E-state index in [2.05, 4.69) is 0 Å². The van der Waals surface area contributed by atoms with Crippen LogP contribution in [0, 0.1) is 0 Å². The molecule has 2 aliphatic rings. The summed E-state index contributed by atoms with van der Waals surface area (Å²) in [6, 6.07) is 8.17. The highest BCUT2D eigenvalue weighted by Crippen LogP contribution is 2.32. The van der Waals surface area contributed by atoms with E-state index >= 15 is 0 Å². The van der Waals surface area contributed by atoms with Gasteiger partial charge < -0.3 is 22.9 Å². The van der Waals surface area contributed by atoms with Gasteiger partial charge in [-0.25, -0.2) is 0 Å². The highest BCUT2D eigenvalue weighted by atomic mass is 15.0. The number of hydrogen-bond acceptors (Lipinski definition) is 4. The standard InChI is InChI=1S/C18H22N4/c19-17(20)11-3-1-5-15(17)13-7-9-14(10-8-13)16-6-2-4-12-18(16,21)22/h1-12,15-16H,19-22H2. The van der Waals surface area contributed by atoms with E-state index in [9.17, 15) is 0 Å². The molecule has 8 N–H and O–H groups in total. The molecule has 0 aliphatic heterocycles. The number of allylic oxidation sites excluding steroid dienone is 4. The lowest BCUT2D eigenvalue weighted by Crippen LogP contribution is -2.53. The summed E-state index contributed by atoms with van der Waals surface area (Å²) in [6.07, 6.45) is 15.4. The Labute approximate surface area is 130 Å². The van der Waals surface area contributed by atoms with Crippen molar-refractivity contribution in [3.05, 3.63) is 84.0 Å². The van der Waals surface area contributed by atoms with E-state index in [0.717, 1.165) is 11.1 Å². The Bertz CT molecular complexity index is 604. The zero-order valence-corrected chi connectivity index (χ0v) is 12.4. The summed E-state index contributed by atoms with van der Waals surface area (Å²) in [5.74, 6) is -0.0947. The Kier molecular flexibility index (Phi) is 3.62. The zero-order valence-electron chi connectivity index (χ0n) is 12.4. The van der Waals surface area contributed by atoms with E-state index in [4.69, 9.17) is 22.9 Å². The molecule has 1 aromatic rings. The van der Waals surface area contributed by atoms with E-state index < -0.39 is 11.3 Å². The van der Waals surface area contributed by atoms with Crippen LogP contribution in [0.3, 0.4) is 0 Å². The maximum absolute atomic E-state index is 6.16. The van der Waals surface area contributed by atoms with Crippen molar-refractivity contribution in [2.75, 3.05) is 0 Å². The van der Waals surface area contributed by atoms with Crippen molar-refractivity contribution in [1.29, 1.82) is 0 Å². The first-order valence-corrected chi connectivity index (χ1v) is 7.37. The summed E-state index contributed by atoms with van der Waals surface area (Å²) >= 11 is 0. The summed E-state index contributed by atoms with van der Waals surface area (Å²) in [5.41, 5.74) is 25.0.